The van der Waals surface area contributed by atoms with E-state index in [2.05, 4.69) is 4.90 Å². The molecule has 2 aliphatic rings. The third kappa shape index (κ3) is 3.69. The first-order valence-corrected chi connectivity index (χ1v) is 7.69. The van der Waals surface area contributed by atoms with E-state index in [4.69, 9.17) is 10.5 Å². The van der Waals surface area contributed by atoms with Gasteiger partial charge in [-0.25, -0.2) is 0 Å². The third-order valence-electron chi connectivity index (χ3n) is 5.02. The summed E-state index contributed by atoms with van der Waals surface area (Å²) in [4.78, 5) is 2.66. The Hall–Kier alpha value is -0.120. The lowest BCUT2D eigenvalue weighted by molar-refractivity contribution is 0.0608. The zero-order chi connectivity index (χ0) is 12.8. The number of rotatable bonds is 5. The van der Waals surface area contributed by atoms with Crippen LogP contribution in [-0.2, 0) is 4.74 Å². The molecule has 1 aliphatic carbocycles. The second kappa shape index (κ2) is 6.88. The molecule has 1 heterocycles. The van der Waals surface area contributed by atoms with E-state index in [1.54, 1.807) is 0 Å². The second-order valence-electron chi connectivity index (χ2n) is 6.44. The van der Waals surface area contributed by atoms with Crippen LogP contribution in [0.25, 0.3) is 0 Å². The SMILES string of the molecule is COCC1CCN(CC2(CN)CCCCC2)CC1. The standard InChI is InChI=1S/C15H30N2O/c1-18-11-14-5-9-17(10-6-14)13-15(12-16)7-3-2-4-8-15/h14H,2-13,16H2,1H3. The first kappa shape index (κ1) is 14.3. The lowest BCUT2D eigenvalue weighted by atomic mass is 9.73. The Labute approximate surface area is 112 Å². The van der Waals surface area contributed by atoms with Crippen molar-refractivity contribution in [3.63, 3.8) is 0 Å². The van der Waals surface area contributed by atoms with E-state index in [0.717, 1.165) is 19.1 Å². The summed E-state index contributed by atoms with van der Waals surface area (Å²) in [5.74, 6) is 0.784. The van der Waals surface area contributed by atoms with Crippen LogP contribution in [0.15, 0.2) is 0 Å². The highest BCUT2D eigenvalue weighted by atomic mass is 16.5. The summed E-state index contributed by atoms with van der Waals surface area (Å²) in [5, 5.41) is 0. The van der Waals surface area contributed by atoms with Gasteiger partial charge in [-0.15, -0.1) is 0 Å². The summed E-state index contributed by atoms with van der Waals surface area (Å²) in [6.07, 6.45) is 9.48. The van der Waals surface area contributed by atoms with E-state index >= 15 is 0 Å². The van der Waals surface area contributed by atoms with Crippen LogP contribution in [-0.4, -0.2) is 44.8 Å². The predicted molar refractivity (Wildman–Crippen MR) is 75.6 cm³/mol. The van der Waals surface area contributed by atoms with Crippen LogP contribution < -0.4 is 5.73 Å². The fraction of sp³-hybridized carbons (Fsp3) is 1.00. The predicted octanol–water partition coefficient (Wildman–Crippen LogP) is 2.25. The summed E-state index contributed by atoms with van der Waals surface area (Å²) in [6.45, 7) is 5.55. The molecular weight excluding hydrogens is 224 g/mol. The van der Waals surface area contributed by atoms with Gasteiger partial charge in [0.15, 0.2) is 0 Å². The number of hydrogen-bond acceptors (Lipinski definition) is 3. The Morgan fingerprint density at radius 2 is 1.83 bits per heavy atom. The fourth-order valence-corrected chi connectivity index (χ4v) is 3.75. The molecule has 2 rings (SSSR count). The van der Waals surface area contributed by atoms with E-state index < -0.39 is 0 Å². The van der Waals surface area contributed by atoms with Crippen LogP contribution in [0.4, 0.5) is 0 Å². The normalized spacial score (nSPS) is 26.3. The molecule has 0 radical (unpaired) electrons. The van der Waals surface area contributed by atoms with Crippen LogP contribution >= 0.6 is 0 Å². The number of nitrogens with two attached hydrogens (primary N) is 1. The maximum atomic E-state index is 6.08. The number of hydrogen-bond donors (Lipinski definition) is 1. The van der Waals surface area contributed by atoms with Crippen molar-refractivity contribution in [2.45, 2.75) is 44.9 Å². The molecular formula is C15H30N2O. The highest BCUT2D eigenvalue weighted by Gasteiger charge is 2.33. The molecule has 0 aromatic carbocycles. The van der Waals surface area contributed by atoms with Gasteiger partial charge in [0.1, 0.15) is 0 Å². The average Bonchev–Trinajstić information content (AvgIpc) is 2.42. The minimum atomic E-state index is 0.437. The summed E-state index contributed by atoms with van der Waals surface area (Å²) < 4.78 is 5.27. The lowest BCUT2D eigenvalue weighted by Gasteiger charge is -2.42. The average molecular weight is 254 g/mol. The highest BCUT2D eigenvalue weighted by Crippen LogP contribution is 2.36. The van der Waals surface area contributed by atoms with Crippen molar-refractivity contribution in [3.05, 3.63) is 0 Å². The van der Waals surface area contributed by atoms with Gasteiger partial charge in [0.25, 0.3) is 0 Å². The largest absolute Gasteiger partial charge is 0.384 e. The summed E-state index contributed by atoms with van der Waals surface area (Å²) in [7, 11) is 1.82. The fourth-order valence-electron chi connectivity index (χ4n) is 3.75. The number of nitrogens with zero attached hydrogens (tertiary/aromatic N) is 1. The van der Waals surface area contributed by atoms with E-state index in [1.165, 1.54) is 64.6 Å². The Kier molecular flexibility index (Phi) is 5.46. The van der Waals surface area contributed by atoms with E-state index in [-0.39, 0.29) is 0 Å². The van der Waals surface area contributed by atoms with Gasteiger partial charge in [-0.3, -0.25) is 0 Å². The molecule has 0 aromatic rings. The third-order valence-corrected chi connectivity index (χ3v) is 5.02. The van der Waals surface area contributed by atoms with Gasteiger partial charge in [-0.1, -0.05) is 19.3 Å². The topological polar surface area (TPSA) is 38.5 Å². The lowest BCUT2D eigenvalue weighted by Crippen LogP contribution is -2.46. The summed E-state index contributed by atoms with van der Waals surface area (Å²) in [5.41, 5.74) is 6.52. The monoisotopic (exact) mass is 254 g/mol. The molecule has 2 fully saturated rings. The van der Waals surface area contributed by atoms with Crippen LogP contribution in [0.5, 0.6) is 0 Å². The van der Waals surface area contributed by atoms with Crippen LogP contribution in [0.2, 0.25) is 0 Å². The Bertz CT molecular complexity index is 231. The smallest absolute Gasteiger partial charge is 0.0491 e. The maximum Gasteiger partial charge on any atom is 0.0491 e. The van der Waals surface area contributed by atoms with Crippen molar-refractivity contribution < 1.29 is 4.74 Å². The molecule has 3 heteroatoms. The first-order chi connectivity index (χ1) is 8.78. The van der Waals surface area contributed by atoms with Gasteiger partial charge < -0.3 is 15.4 Å². The number of piperidine rings is 1. The number of ether oxygens (including phenoxy) is 1. The molecule has 0 aromatic heterocycles. The molecule has 0 amide bonds. The van der Waals surface area contributed by atoms with Gasteiger partial charge >= 0.3 is 0 Å². The first-order valence-electron chi connectivity index (χ1n) is 7.69. The molecule has 106 valence electrons. The molecule has 18 heavy (non-hydrogen) atoms. The van der Waals surface area contributed by atoms with Crippen molar-refractivity contribution in [1.29, 1.82) is 0 Å². The van der Waals surface area contributed by atoms with Crippen molar-refractivity contribution in [2.75, 3.05) is 39.9 Å². The highest BCUT2D eigenvalue weighted by molar-refractivity contribution is 4.88. The molecule has 0 unspecified atom stereocenters. The summed E-state index contributed by atoms with van der Waals surface area (Å²) >= 11 is 0. The maximum absolute atomic E-state index is 6.08. The molecule has 2 N–H and O–H groups in total. The van der Waals surface area contributed by atoms with Crippen LogP contribution in [0.1, 0.15) is 44.9 Å². The zero-order valence-corrected chi connectivity index (χ0v) is 12.0. The van der Waals surface area contributed by atoms with E-state index in [1.807, 2.05) is 7.11 Å². The van der Waals surface area contributed by atoms with Crippen molar-refractivity contribution in [1.82, 2.24) is 4.90 Å². The minimum Gasteiger partial charge on any atom is -0.384 e. The second-order valence-corrected chi connectivity index (χ2v) is 6.44. The Morgan fingerprint density at radius 1 is 1.17 bits per heavy atom. The Morgan fingerprint density at radius 3 is 2.39 bits per heavy atom. The summed E-state index contributed by atoms with van der Waals surface area (Å²) in [6, 6.07) is 0. The van der Waals surface area contributed by atoms with Gasteiger partial charge in [-0.2, -0.15) is 0 Å². The van der Waals surface area contributed by atoms with Crippen molar-refractivity contribution in [2.24, 2.45) is 17.1 Å². The quantitative estimate of drug-likeness (QED) is 0.818. The number of methoxy groups -OCH3 is 1. The van der Waals surface area contributed by atoms with Gasteiger partial charge in [-0.05, 0) is 56.7 Å². The number of likely N-dealkylation sites (tertiary alicyclic amines) is 1. The van der Waals surface area contributed by atoms with Gasteiger partial charge in [0.2, 0.25) is 0 Å². The molecule has 3 nitrogen and oxygen atoms in total. The van der Waals surface area contributed by atoms with Gasteiger partial charge in [0, 0.05) is 20.3 Å². The van der Waals surface area contributed by atoms with Crippen LogP contribution in [0.3, 0.4) is 0 Å². The minimum absolute atomic E-state index is 0.437. The molecule has 0 atom stereocenters. The molecule has 1 saturated heterocycles. The van der Waals surface area contributed by atoms with Crippen LogP contribution in [0, 0.1) is 11.3 Å². The van der Waals surface area contributed by atoms with E-state index in [9.17, 15) is 0 Å². The van der Waals surface area contributed by atoms with Crippen molar-refractivity contribution >= 4 is 0 Å². The molecule has 0 spiro atoms. The zero-order valence-electron chi connectivity index (χ0n) is 12.0. The van der Waals surface area contributed by atoms with E-state index in [0.29, 0.717) is 5.41 Å². The Balaban J connectivity index is 1.79. The van der Waals surface area contributed by atoms with Gasteiger partial charge in [0.05, 0.1) is 0 Å². The molecule has 1 saturated carbocycles. The molecule has 0 bridgehead atoms. The molecule has 1 aliphatic heterocycles. The van der Waals surface area contributed by atoms with Crippen molar-refractivity contribution in [3.8, 4) is 0 Å².